The lowest BCUT2D eigenvalue weighted by molar-refractivity contribution is -0.137. The number of carbonyl (C=O) groups excluding carboxylic acids is 3. The molecule has 4 unspecified atom stereocenters. The zero-order chi connectivity index (χ0) is 12.5. The SMILES string of the molecule is CC(C=O)N1C(=O)N(C(O)C=O)C(O)C1O. The molecule has 0 spiro atoms. The highest BCUT2D eigenvalue weighted by Gasteiger charge is 2.48. The smallest absolute Gasteiger partial charge is 0.327 e. The van der Waals surface area contributed by atoms with Crippen LogP contribution in [0.25, 0.3) is 0 Å². The van der Waals surface area contributed by atoms with Crippen LogP contribution in [0.15, 0.2) is 0 Å². The molecule has 16 heavy (non-hydrogen) atoms. The van der Waals surface area contributed by atoms with Gasteiger partial charge in [0.15, 0.2) is 25.0 Å². The van der Waals surface area contributed by atoms with Crippen LogP contribution in [-0.4, -0.2) is 68.4 Å². The molecule has 1 aliphatic rings. The molecule has 0 aromatic carbocycles. The van der Waals surface area contributed by atoms with E-state index in [0.29, 0.717) is 16.1 Å². The number of hydrogen-bond acceptors (Lipinski definition) is 6. The third-order valence-electron chi connectivity index (χ3n) is 2.32. The van der Waals surface area contributed by atoms with Crippen LogP contribution in [-0.2, 0) is 9.59 Å². The van der Waals surface area contributed by atoms with Gasteiger partial charge in [0.25, 0.3) is 0 Å². The average molecular weight is 232 g/mol. The van der Waals surface area contributed by atoms with Crippen molar-refractivity contribution in [1.29, 1.82) is 0 Å². The standard InChI is InChI=1S/C8H12N2O6/c1-4(2-11)9-6(14)7(15)10(8(9)16)5(13)3-12/h2-7,13-15H,1H3. The Balaban J connectivity index is 2.98. The highest BCUT2D eigenvalue weighted by atomic mass is 16.4. The van der Waals surface area contributed by atoms with Crippen LogP contribution in [0.3, 0.4) is 0 Å². The summed E-state index contributed by atoms with van der Waals surface area (Å²) in [7, 11) is 0. The molecule has 0 bridgehead atoms. The summed E-state index contributed by atoms with van der Waals surface area (Å²) in [5.41, 5.74) is 0. The molecule has 4 atom stereocenters. The van der Waals surface area contributed by atoms with E-state index < -0.39 is 30.8 Å². The zero-order valence-corrected chi connectivity index (χ0v) is 8.42. The Kier molecular flexibility index (Phi) is 3.58. The number of rotatable bonds is 4. The Bertz CT molecular complexity index is 281. The Morgan fingerprint density at radius 3 is 2.12 bits per heavy atom. The molecule has 1 rings (SSSR count). The summed E-state index contributed by atoms with van der Waals surface area (Å²) in [6, 6.07) is -1.96. The van der Waals surface area contributed by atoms with Crippen LogP contribution in [0.1, 0.15) is 6.92 Å². The maximum Gasteiger partial charge on any atom is 0.327 e. The van der Waals surface area contributed by atoms with Crippen LogP contribution < -0.4 is 0 Å². The van der Waals surface area contributed by atoms with Gasteiger partial charge in [-0.3, -0.25) is 14.6 Å². The first kappa shape index (κ1) is 12.6. The van der Waals surface area contributed by atoms with Gasteiger partial charge < -0.3 is 20.1 Å². The second-order valence-electron chi connectivity index (χ2n) is 3.35. The van der Waals surface area contributed by atoms with Gasteiger partial charge in [-0.05, 0) is 6.92 Å². The van der Waals surface area contributed by atoms with Crippen LogP contribution >= 0.6 is 0 Å². The summed E-state index contributed by atoms with van der Waals surface area (Å²) in [5, 5.41) is 28.0. The molecule has 0 radical (unpaired) electrons. The highest BCUT2D eigenvalue weighted by molar-refractivity contribution is 5.83. The molecule has 1 fully saturated rings. The number of aliphatic hydroxyl groups is 3. The Labute approximate surface area is 90.7 Å². The van der Waals surface area contributed by atoms with Crippen LogP contribution in [0.5, 0.6) is 0 Å². The number of carbonyl (C=O) groups is 3. The minimum atomic E-state index is -1.86. The molecule has 0 aromatic rings. The van der Waals surface area contributed by atoms with E-state index in [-0.39, 0.29) is 6.29 Å². The molecule has 8 heteroatoms. The molecule has 1 aliphatic heterocycles. The monoisotopic (exact) mass is 232 g/mol. The summed E-state index contributed by atoms with van der Waals surface area (Å²) in [6.07, 6.45) is -4.86. The van der Waals surface area contributed by atoms with Crippen molar-refractivity contribution in [2.45, 2.75) is 31.6 Å². The fourth-order valence-electron chi connectivity index (χ4n) is 1.46. The zero-order valence-electron chi connectivity index (χ0n) is 8.42. The van der Waals surface area contributed by atoms with E-state index >= 15 is 0 Å². The summed E-state index contributed by atoms with van der Waals surface area (Å²) in [6.45, 7) is 1.33. The van der Waals surface area contributed by atoms with Crippen molar-refractivity contribution in [2.24, 2.45) is 0 Å². The first-order chi connectivity index (χ1) is 7.45. The summed E-state index contributed by atoms with van der Waals surface area (Å²) in [4.78, 5) is 33.4. The minimum Gasteiger partial charge on any atom is -0.369 e. The van der Waals surface area contributed by atoms with Gasteiger partial charge in [0.2, 0.25) is 0 Å². The van der Waals surface area contributed by atoms with Gasteiger partial charge in [-0.2, -0.15) is 0 Å². The predicted molar refractivity (Wildman–Crippen MR) is 48.7 cm³/mol. The van der Waals surface area contributed by atoms with Crippen molar-refractivity contribution < 1.29 is 29.7 Å². The number of urea groups is 1. The lowest BCUT2D eigenvalue weighted by Gasteiger charge is -2.22. The van der Waals surface area contributed by atoms with Crippen molar-refractivity contribution in [2.75, 3.05) is 0 Å². The average Bonchev–Trinajstić information content (AvgIpc) is 2.49. The fourth-order valence-corrected chi connectivity index (χ4v) is 1.46. The van der Waals surface area contributed by atoms with Gasteiger partial charge in [0.05, 0.1) is 6.04 Å². The largest absolute Gasteiger partial charge is 0.369 e. The topological polar surface area (TPSA) is 118 Å². The molecule has 8 nitrogen and oxygen atoms in total. The van der Waals surface area contributed by atoms with Crippen LogP contribution in [0.4, 0.5) is 4.79 Å². The van der Waals surface area contributed by atoms with E-state index in [1.807, 2.05) is 0 Å². The summed E-state index contributed by atoms with van der Waals surface area (Å²) in [5.74, 6) is 0. The second kappa shape index (κ2) is 4.56. The lowest BCUT2D eigenvalue weighted by Crippen LogP contribution is -2.45. The van der Waals surface area contributed by atoms with Crippen molar-refractivity contribution in [1.82, 2.24) is 9.80 Å². The van der Waals surface area contributed by atoms with E-state index in [9.17, 15) is 24.6 Å². The number of aliphatic hydroxyl groups excluding tert-OH is 3. The first-order valence-electron chi connectivity index (χ1n) is 4.51. The van der Waals surface area contributed by atoms with Crippen LogP contribution in [0, 0.1) is 0 Å². The van der Waals surface area contributed by atoms with Crippen molar-refractivity contribution in [3.05, 3.63) is 0 Å². The van der Waals surface area contributed by atoms with Gasteiger partial charge in [0, 0.05) is 0 Å². The number of amides is 2. The molecule has 0 aromatic heterocycles. The molecular formula is C8H12N2O6. The van der Waals surface area contributed by atoms with Gasteiger partial charge >= 0.3 is 6.03 Å². The van der Waals surface area contributed by atoms with Crippen molar-refractivity contribution in [3.8, 4) is 0 Å². The van der Waals surface area contributed by atoms with Gasteiger partial charge in [-0.25, -0.2) is 4.79 Å². The van der Waals surface area contributed by atoms with Gasteiger partial charge in [-0.1, -0.05) is 0 Å². The first-order valence-corrected chi connectivity index (χ1v) is 4.51. The molecule has 1 heterocycles. The van der Waals surface area contributed by atoms with Crippen LogP contribution in [0.2, 0.25) is 0 Å². The van der Waals surface area contributed by atoms with E-state index in [4.69, 9.17) is 5.11 Å². The molecule has 0 aliphatic carbocycles. The summed E-state index contributed by atoms with van der Waals surface area (Å²) >= 11 is 0. The molecular weight excluding hydrogens is 220 g/mol. The van der Waals surface area contributed by atoms with E-state index in [2.05, 4.69) is 0 Å². The number of hydrogen-bond donors (Lipinski definition) is 3. The normalized spacial score (nSPS) is 29.1. The van der Waals surface area contributed by atoms with E-state index in [0.717, 1.165) is 0 Å². The maximum absolute atomic E-state index is 11.6. The minimum absolute atomic E-state index is 0.0307. The van der Waals surface area contributed by atoms with Crippen molar-refractivity contribution in [3.63, 3.8) is 0 Å². The quantitative estimate of drug-likeness (QED) is 0.460. The Hall–Kier alpha value is -1.51. The predicted octanol–water partition coefficient (Wildman–Crippen LogP) is -2.53. The molecule has 3 N–H and O–H groups in total. The second-order valence-corrected chi connectivity index (χ2v) is 3.35. The third kappa shape index (κ3) is 1.77. The fraction of sp³-hybridized carbons (Fsp3) is 0.625. The van der Waals surface area contributed by atoms with Crippen molar-refractivity contribution >= 4 is 18.6 Å². The van der Waals surface area contributed by atoms with E-state index in [1.54, 1.807) is 0 Å². The third-order valence-corrected chi connectivity index (χ3v) is 2.32. The molecule has 0 saturated carbocycles. The Morgan fingerprint density at radius 1 is 1.19 bits per heavy atom. The van der Waals surface area contributed by atoms with E-state index in [1.165, 1.54) is 6.92 Å². The number of aldehydes is 2. The van der Waals surface area contributed by atoms with Gasteiger partial charge in [0.1, 0.15) is 6.29 Å². The molecule has 1 saturated heterocycles. The lowest BCUT2D eigenvalue weighted by atomic mass is 10.3. The molecule has 90 valence electrons. The maximum atomic E-state index is 11.6. The summed E-state index contributed by atoms with van der Waals surface area (Å²) < 4.78 is 0. The Morgan fingerprint density at radius 2 is 1.69 bits per heavy atom. The van der Waals surface area contributed by atoms with Gasteiger partial charge in [-0.15, -0.1) is 0 Å². The highest BCUT2D eigenvalue weighted by Crippen LogP contribution is 2.22. The molecule has 2 amide bonds. The number of nitrogens with zero attached hydrogens (tertiary/aromatic N) is 2.